The Morgan fingerprint density at radius 1 is 1.32 bits per heavy atom. The summed E-state index contributed by atoms with van der Waals surface area (Å²) in [5.74, 6) is -0.194. The van der Waals surface area contributed by atoms with E-state index in [1.807, 2.05) is 30.3 Å². The number of aromatic nitrogens is 2. The average Bonchev–Trinajstić information content (AvgIpc) is 2.91. The van der Waals surface area contributed by atoms with Gasteiger partial charge in [0.2, 0.25) is 5.91 Å². The van der Waals surface area contributed by atoms with Gasteiger partial charge < -0.3 is 11.1 Å². The Balaban J connectivity index is 1.89. The van der Waals surface area contributed by atoms with E-state index in [1.54, 1.807) is 29.9 Å². The summed E-state index contributed by atoms with van der Waals surface area (Å²) >= 11 is 6.06. The molecule has 5 nitrogen and oxygen atoms in total. The van der Waals surface area contributed by atoms with Gasteiger partial charge in [-0.25, -0.2) is 0 Å². The quantitative estimate of drug-likeness (QED) is 0.727. The molecule has 0 aliphatic heterocycles. The number of para-hydroxylation sites is 1. The van der Waals surface area contributed by atoms with Crippen LogP contribution in [0.4, 0.5) is 11.4 Å². The molecule has 1 heterocycles. The Bertz CT molecular complexity index is 843. The van der Waals surface area contributed by atoms with Gasteiger partial charge in [0.25, 0.3) is 0 Å². The van der Waals surface area contributed by atoms with Gasteiger partial charge in [-0.1, -0.05) is 23.7 Å². The summed E-state index contributed by atoms with van der Waals surface area (Å²) in [5, 5.41) is 8.54. The van der Waals surface area contributed by atoms with Gasteiger partial charge in [0.05, 0.1) is 22.4 Å². The molecule has 0 radical (unpaired) electrons. The highest BCUT2D eigenvalue weighted by Crippen LogP contribution is 2.24. The predicted molar refractivity (Wildman–Crippen MR) is 88.9 cm³/mol. The lowest BCUT2D eigenvalue weighted by Crippen LogP contribution is -2.24. The second-order valence-electron chi connectivity index (χ2n) is 5.05. The maximum Gasteiger partial charge on any atom is 0.249 e. The molecule has 0 bridgehead atoms. The van der Waals surface area contributed by atoms with E-state index in [4.69, 9.17) is 17.3 Å². The first-order valence-electron chi connectivity index (χ1n) is 6.84. The number of rotatable bonds is 3. The molecule has 0 saturated heterocycles. The number of halogens is 1. The Labute approximate surface area is 132 Å². The summed E-state index contributed by atoms with van der Waals surface area (Å²) in [7, 11) is 0. The highest BCUT2D eigenvalue weighted by Gasteiger charge is 2.18. The molecule has 0 spiro atoms. The van der Waals surface area contributed by atoms with Gasteiger partial charge in [-0.3, -0.25) is 9.48 Å². The number of nitrogens with one attached hydrogen (secondary N) is 1. The van der Waals surface area contributed by atoms with Gasteiger partial charge in [0.1, 0.15) is 6.04 Å². The van der Waals surface area contributed by atoms with E-state index >= 15 is 0 Å². The van der Waals surface area contributed by atoms with Crippen LogP contribution >= 0.6 is 11.6 Å². The number of benzene rings is 2. The van der Waals surface area contributed by atoms with E-state index in [-0.39, 0.29) is 5.91 Å². The van der Waals surface area contributed by atoms with Crippen LogP contribution in [0, 0.1) is 0 Å². The maximum absolute atomic E-state index is 12.4. The number of hydrogen-bond donors (Lipinski definition) is 2. The van der Waals surface area contributed by atoms with Crippen molar-refractivity contribution in [2.24, 2.45) is 0 Å². The second-order valence-corrected chi connectivity index (χ2v) is 5.46. The van der Waals surface area contributed by atoms with Crippen LogP contribution in [0.2, 0.25) is 5.02 Å². The number of anilines is 2. The number of carbonyl (C=O) groups excluding carboxylic acids is 1. The molecule has 22 heavy (non-hydrogen) atoms. The van der Waals surface area contributed by atoms with Crippen molar-refractivity contribution in [2.45, 2.75) is 13.0 Å². The van der Waals surface area contributed by atoms with Crippen molar-refractivity contribution in [1.82, 2.24) is 9.78 Å². The van der Waals surface area contributed by atoms with E-state index in [9.17, 15) is 4.79 Å². The zero-order chi connectivity index (χ0) is 15.7. The number of fused-ring (bicyclic) bond motifs is 1. The van der Waals surface area contributed by atoms with Crippen LogP contribution in [-0.2, 0) is 4.79 Å². The zero-order valence-electron chi connectivity index (χ0n) is 12.0. The Morgan fingerprint density at radius 3 is 2.86 bits per heavy atom. The molecule has 3 N–H and O–H groups in total. The number of nitrogens with two attached hydrogens (primary N) is 1. The molecule has 3 aromatic rings. The van der Waals surface area contributed by atoms with Crippen LogP contribution in [0.5, 0.6) is 0 Å². The van der Waals surface area contributed by atoms with Crippen molar-refractivity contribution in [3.8, 4) is 0 Å². The van der Waals surface area contributed by atoms with Gasteiger partial charge in [-0.05, 0) is 37.3 Å². The number of nitrogens with zero attached hydrogens (tertiary/aromatic N) is 2. The molecule has 0 fully saturated rings. The van der Waals surface area contributed by atoms with Crippen molar-refractivity contribution in [3.05, 3.63) is 53.7 Å². The van der Waals surface area contributed by atoms with Gasteiger partial charge in [0, 0.05) is 11.1 Å². The van der Waals surface area contributed by atoms with Crippen LogP contribution in [0.1, 0.15) is 13.0 Å². The van der Waals surface area contributed by atoms with E-state index in [0.717, 1.165) is 10.9 Å². The van der Waals surface area contributed by atoms with Crippen LogP contribution in [-0.4, -0.2) is 15.7 Å². The minimum atomic E-state index is -0.490. The molecule has 0 saturated carbocycles. The predicted octanol–water partition coefficient (Wildman–Crippen LogP) is 3.47. The van der Waals surface area contributed by atoms with Crippen molar-refractivity contribution >= 4 is 39.8 Å². The standard InChI is InChI=1S/C16H15ClN4O/c1-10(16(22)20-14-5-3-2-4-13(14)17)21-15-8-12(18)7-6-11(15)9-19-21/h2-10H,18H2,1H3,(H,20,22). The lowest BCUT2D eigenvalue weighted by atomic mass is 10.2. The van der Waals surface area contributed by atoms with Gasteiger partial charge in [-0.15, -0.1) is 0 Å². The SMILES string of the molecule is CC(C(=O)Nc1ccccc1Cl)n1ncc2ccc(N)cc21. The molecular formula is C16H15ClN4O. The number of amides is 1. The molecule has 3 rings (SSSR count). The Kier molecular flexibility index (Phi) is 3.73. The minimum Gasteiger partial charge on any atom is -0.399 e. The lowest BCUT2D eigenvalue weighted by molar-refractivity contribution is -0.118. The summed E-state index contributed by atoms with van der Waals surface area (Å²) in [6.07, 6.45) is 1.72. The monoisotopic (exact) mass is 314 g/mol. The summed E-state index contributed by atoms with van der Waals surface area (Å²) in [6, 6.07) is 12.1. The number of nitrogen functional groups attached to an aromatic ring is 1. The third-order valence-electron chi connectivity index (χ3n) is 3.50. The lowest BCUT2D eigenvalue weighted by Gasteiger charge is -2.14. The van der Waals surface area contributed by atoms with E-state index < -0.39 is 6.04 Å². The first-order chi connectivity index (χ1) is 10.6. The topological polar surface area (TPSA) is 72.9 Å². The third-order valence-corrected chi connectivity index (χ3v) is 3.83. The van der Waals surface area contributed by atoms with E-state index in [0.29, 0.717) is 16.4 Å². The highest BCUT2D eigenvalue weighted by atomic mass is 35.5. The molecule has 1 amide bonds. The second kappa shape index (κ2) is 5.69. The fourth-order valence-corrected chi connectivity index (χ4v) is 2.46. The van der Waals surface area contributed by atoms with Crippen LogP contribution in [0.15, 0.2) is 48.7 Å². The first-order valence-corrected chi connectivity index (χ1v) is 7.22. The first kappa shape index (κ1) is 14.4. The normalized spacial score (nSPS) is 12.3. The summed E-state index contributed by atoms with van der Waals surface area (Å²) in [6.45, 7) is 1.78. The molecule has 2 aromatic carbocycles. The summed E-state index contributed by atoms with van der Waals surface area (Å²) in [5.41, 5.74) is 7.85. The minimum absolute atomic E-state index is 0.194. The molecule has 0 aliphatic carbocycles. The molecule has 1 aromatic heterocycles. The fraction of sp³-hybridized carbons (Fsp3) is 0.125. The van der Waals surface area contributed by atoms with Gasteiger partial charge in [-0.2, -0.15) is 5.10 Å². The van der Waals surface area contributed by atoms with E-state index in [1.165, 1.54) is 0 Å². The number of carbonyl (C=O) groups is 1. The molecule has 1 unspecified atom stereocenters. The Hall–Kier alpha value is -2.53. The molecule has 1 atom stereocenters. The van der Waals surface area contributed by atoms with Crippen molar-refractivity contribution < 1.29 is 4.79 Å². The Morgan fingerprint density at radius 2 is 2.09 bits per heavy atom. The van der Waals surface area contributed by atoms with Gasteiger partial charge >= 0.3 is 0 Å². The van der Waals surface area contributed by atoms with Crippen LogP contribution < -0.4 is 11.1 Å². The maximum atomic E-state index is 12.4. The van der Waals surface area contributed by atoms with Crippen molar-refractivity contribution in [1.29, 1.82) is 0 Å². The summed E-state index contributed by atoms with van der Waals surface area (Å²) in [4.78, 5) is 12.4. The molecular weight excluding hydrogens is 300 g/mol. The van der Waals surface area contributed by atoms with Crippen LogP contribution in [0.25, 0.3) is 10.9 Å². The highest BCUT2D eigenvalue weighted by molar-refractivity contribution is 6.33. The smallest absolute Gasteiger partial charge is 0.249 e. The van der Waals surface area contributed by atoms with Crippen molar-refractivity contribution in [3.63, 3.8) is 0 Å². The third kappa shape index (κ3) is 2.63. The van der Waals surface area contributed by atoms with Crippen molar-refractivity contribution in [2.75, 3.05) is 11.1 Å². The average molecular weight is 315 g/mol. The fourth-order valence-electron chi connectivity index (χ4n) is 2.27. The molecule has 112 valence electrons. The molecule has 6 heteroatoms. The largest absolute Gasteiger partial charge is 0.399 e. The van der Waals surface area contributed by atoms with E-state index in [2.05, 4.69) is 10.4 Å². The zero-order valence-corrected chi connectivity index (χ0v) is 12.7. The molecule has 0 aliphatic rings. The summed E-state index contributed by atoms with van der Waals surface area (Å²) < 4.78 is 1.65. The van der Waals surface area contributed by atoms with Gasteiger partial charge in [0.15, 0.2) is 0 Å². The van der Waals surface area contributed by atoms with Crippen LogP contribution in [0.3, 0.4) is 0 Å². The number of hydrogen-bond acceptors (Lipinski definition) is 3.